The molecular formula is C27H28FN5O3S2. The molecule has 0 unspecified atom stereocenters. The molecule has 5 rings (SSSR count). The average molecular weight is 554 g/mol. The van der Waals surface area contributed by atoms with Crippen LogP contribution < -0.4 is 15.4 Å². The van der Waals surface area contributed by atoms with E-state index in [2.05, 4.69) is 9.80 Å². The third-order valence-corrected chi connectivity index (χ3v) is 8.09. The molecule has 1 amide bonds. The number of pyridine rings is 1. The van der Waals surface area contributed by atoms with E-state index in [-0.39, 0.29) is 17.3 Å². The summed E-state index contributed by atoms with van der Waals surface area (Å²) in [5.74, 6) is 0.0713. The monoisotopic (exact) mass is 553 g/mol. The number of aromatic nitrogens is 2. The molecule has 8 nitrogen and oxygen atoms in total. The van der Waals surface area contributed by atoms with Gasteiger partial charge in [0.25, 0.3) is 11.5 Å². The lowest BCUT2D eigenvalue weighted by Gasteiger charge is -2.37. The number of thiocarbonyl (C=S) groups is 1. The zero-order valence-corrected chi connectivity index (χ0v) is 22.9. The predicted octanol–water partition coefficient (Wildman–Crippen LogP) is 3.71. The number of fused-ring (bicyclic) bond motifs is 1. The first-order valence-electron chi connectivity index (χ1n) is 12.4. The Balaban J connectivity index is 1.49. The van der Waals surface area contributed by atoms with E-state index in [4.69, 9.17) is 21.9 Å². The van der Waals surface area contributed by atoms with Crippen molar-refractivity contribution in [1.82, 2.24) is 14.3 Å². The van der Waals surface area contributed by atoms with Crippen LogP contribution in [-0.2, 0) is 9.53 Å². The number of carbonyl (C=O) groups is 1. The Morgan fingerprint density at radius 3 is 2.53 bits per heavy atom. The molecule has 0 N–H and O–H groups in total. The molecule has 0 radical (unpaired) electrons. The highest BCUT2D eigenvalue weighted by atomic mass is 32.2. The van der Waals surface area contributed by atoms with Crippen LogP contribution in [0.4, 0.5) is 15.9 Å². The first-order chi connectivity index (χ1) is 18.4. The lowest BCUT2D eigenvalue weighted by molar-refractivity contribution is -0.122. The van der Waals surface area contributed by atoms with E-state index in [1.807, 2.05) is 19.1 Å². The number of ether oxygens (including phenoxy) is 1. The Morgan fingerprint density at radius 2 is 1.82 bits per heavy atom. The molecular weight excluding hydrogens is 525 g/mol. The van der Waals surface area contributed by atoms with Gasteiger partial charge in [0.1, 0.15) is 21.6 Å². The number of hydrogen-bond donors (Lipinski definition) is 0. The number of rotatable bonds is 7. The van der Waals surface area contributed by atoms with E-state index in [0.29, 0.717) is 72.0 Å². The normalized spacial score (nSPS) is 17.3. The summed E-state index contributed by atoms with van der Waals surface area (Å²) in [6, 6.07) is 10.2. The highest BCUT2D eigenvalue weighted by Gasteiger charge is 2.33. The number of piperazine rings is 1. The van der Waals surface area contributed by atoms with Gasteiger partial charge >= 0.3 is 0 Å². The summed E-state index contributed by atoms with van der Waals surface area (Å²) in [4.78, 5) is 38.1. The Hall–Kier alpha value is -3.28. The van der Waals surface area contributed by atoms with Crippen LogP contribution in [0, 0.1) is 12.7 Å². The van der Waals surface area contributed by atoms with Gasteiger partial charge in [0.2, 0.25) is 0 Å². The second-order valence-corrected chi connectivity index (χ2v) is 10.8. The molecule has 11 heteroatoms. The lowest BCUT2D eigenvalue weighted by Crippen LogP contribution is -2.47. The lowest BCUT2D eigenvalue weighted by atomic mass is 10.2. The van der Waals surface area contributed by atoms with Crippen LogP contribution in [0.3, 0.4) is 0 Å². The van der Waals surface area contributed by atoms with E-state index < -0.39 is 0 Å². The van der Waals surface area contributed by atoms with Gasteiger partial charge in [-0.25, -0.2) is 9.37 Å². The minimum Gasteiger partial charge on any atom is -0.385 e. The summed E-state index contributed by atoms with van der Waals surface area (Å²) >= 11 is 6.66. The molecule has 2 aliphatic rings. The highest BCUT2D eigenvalue weighted by molar-refractivity contribution is 8.26. The largest absolute Gasteiger partial charge is 0.385 e. The molecule has 0 saturated carbocycles. The summed E-state index contributed by atoms with van der Waals surface area (Å²) in [6.45, 7) is 5.50. The molecule has 0 atom stereocenters. The van der Waals surface area contributed by atoms with Gasteiger partial charge in [-0.1, -0.05) is 30.0 Å². The number of halogens is 1. The summed E-state index contributed by atoms with van der Waals surface area (Å²) in [5.41, 5.74) is 2.54. The summed E-state index contributed by atoms with van der Waals surface area (Å²) in [6.07, 6.45) is 4.00. The molecule has 2 saturated heterocycles. The van der Waals surface area contributed by atoms with Crippen LogP contribution in [0.5, 0.6) is 0 Å². The first-order valence-corrected chi connectivity index (χ1v) is 13.6. The van der Waals surface area contributed by atoms with Crippen LogP contribution in [0.15, 0.2) is 52.3 Å². The summed E-state index contributed by atoms with van der Waals surface area (Å²) in [5, 5.41) is 0. The number of aryl methyl sites for hydroxylation is 1. The second kappa shape index (κ2) is 11.2. The van der Waals surface area contributed by atoms with Gasteiger partial charge in [-0.3, -0.25) is 18.9 Å². The SMILES string of the molecule is COCCCN1C(=O)/C(=C\c2c(N3CCN(c4ccc(F)cc4)CC3)nc3c(C)cccn3c2=O)SC1=S. The minimum atomic E-state index is -0.266. The molecule has 2 aromatic heterocycles. The van der Waals surface area contributed by atoms with Crippen LogP contribution in [-0.4, -0.2) is 71.0 Å². The van der Waals surface area contributed by atoms with Gasteiger partial charge in [-0.15, -0.1) is 0 Å². The number of benzene rings is 1. The highest BCUT2D eigenvalue weighted by Crippen LogP contribution is 2.34. The first kappa shape index (κ1) is 26.3. The van der Waals surface area contributed by atoms with Crippen molar-refractivity contribution in [2.75, 3.05) is 56.2 Å². The Kier molecular flexibility index (Phi) is 7.78. The molecule has 1 aromatic carbocycles. The smallest absolute Gasteiger partial charge is 0.267 e. The van der Waals surface area contributed by atoms with Crippen molar-refractivity contribution in [2.24, 2.45) is 0 Å². The Labute approximate surface area is 229 Å². The zero-order valence-electron chi connectivity index (χ0n) is 21.2. The van der Waals surface area contributed by atoms with Crippen molar-refractivity contribution < 1.29 is 13.9 Å². The van der Waals surface area contributed by atoms with Crippen molar-refractivity contribution in [3.8, 4) is 0 Å². The van der Waals surface area contributed by atoms with Crippen molar-refractivity contribution in [3.05, 3.63) is 74.8 Å². The van der Waals surface area contributed by atoms with Gasteiger partial charge < -0.3 is 14.5 Å². The Bertz CT molecular complexity index is 1470. The standard InChI is InChI=1S/C27H28FN5O3S2/c1-18-5-3-10-32-23(18)29-24(31-14-12-30(13-15-31)20-8-6-19(28)7-9-20)21(25(32)34)17-22-26(35)33(27(37)38-22)11-4-16-36-2/h3,5-10,17H,4,11-16H2,1-2H3/b22-17+. The fraction of sp³-hybridized carbons (Fsp3) is 0.333. The molecule has 0 bridgehead atoms. The molecule has 4 heterocycles. The van der Waals surface area contributed by atoms with Crippen LogP contribution >= 0.6 is 24.0 Å². The van der Waals surface area contributed by atoms with Crippen LogP contribution in [0.1, 0.15) is 17.5 Å². The molecule has 2 aliphatic heterocycles. The second-order valence-electron chi connectivity index (χ2n) is 9.17. The molecule has 198 valence electrons. The quantitative estimate of drug-likeness (QED) is 0.249. The fourth-order valence-corrected chi connectivity index (χ4v) is 5.98. The number of thioether (sulfide) groups is 1. The van der Waals surface area contributed by atoms with Gasteiger partial charge in [-0.2, -0.15) is 0 Å². The van der Waals surface area contributed by atoms with Crippen molar-refractivity contribution in [2.45, 2.75) is 13.3 Å². The number of carbonyl (C=O) groups excluding carboxylic acids is 1. The van der Waals surface area contributed by atoms with Crippen LogP contribution in [0.2, 0.25) is 0 Å². The van der Waals surface area contributed by atoms with Gasteiger partial charge in [-0.05, 0) is 55.3 Å². The topological polar surface area (TPSA) is 70.4 Å². The van der Waals surface area contributed by atoms with E-state index in [9.17, 15) is 14.0 Å². The van der Waals surface area contributed by atoms with E-state index in [0.717, 1.165) is 11.3 Å². The number of methoxy groups -OCH3 is 1. The third kappa shape index (κ3) is 5.18. The van der Waals surface area contributed by atoms with Gasteiger partial charge in [0, 0.05) is 58.3 Å². The number of anilines is 2. The van der Waals surface area contributed by atoms with E-state index in [1.165, 1.54) is 28.3 Å². The van der Waals surface area contributed by atoms with Crippen molar-refractivity contribution >= 4 is 57.4 Å². The third-order valence-electron chi connectivity index (χ3n) is 6.71. The minimum absolute atomic E-state index is 0.211. The Morgan fingerprint density at radius 1 is 1.11 bits per heavy atom. The maximum atomic E-state index is 13.8. The summed E-state index contributed by atoms with van der Waals surface area (Å²) < 4.78 is 20.5. The molecule has 3 aromatic rings. The molecule has 0 aliphatic carbocycles. The predicted molar refractivity (Wildman–Crippen MR) is 153 cm³/mol. The van der Waals surface area contributed by atoms with Crippen molar-refractivity contribution in [3.63, 3.8) is 0 Å². The fourth-order valence-electron chi connectivity index (χ4n) is 4.69. The molecule has 38 heavy (non-hydrogen) atoms. The van der Waals surface area contributed by atoms with Gasteiger partial charge in [0.15, 0.2) is 0 Å². The maximum Gasteiger partial charge on any atom is 0.267 e. The van der Waals surface area contributed by atoms with Gasteiger partial charge in [0.05, 0.1) is 10.5 Å². The maximum absolute atomic E-state index is 13.8. The van der Waals surface area contributed by atoms with Crippen molar-refractivity contribution in [1.29, 1.82) is 0 Å². The van der Waals surface area contributed by atoms with Crippen LogP contribution in [0.25, 0.3) is 11.7 Å². The number of amides is 1. The average Bonchev–Trinajstić information content (AvgIpc) is 3.18. The molecule has 0 spiro atoms. The summed E-state index contributed by atoms with van der Waals surface area (Å²) in [7, 11) is 1.62. The van der Waals surface area contributed by atoms with E-state index in [1.54, 1.807) is 36.4 Å². The number of hydrogen-bond acceptors (Lipinski definition) is 8. The molecule has 2 fully saturated rings. The number of nitrogens with zero attached hydrogens (tertiary/aromatic N) is 5. The zero-order chi connectivity index (χ0) is 26.8. The van der Waals surface area contributed by atoms with E-state index >= 15 is 0 Å².